The van der Waals surface area contributed by atoms with Gasteiger partial charge in [-0.3, -0.25) is 0 Å². The lowest BCUT2D eigenvalue weighted by Crippen LogP contribution is -2.40. The van der Waals surface area contributed by atoms with Crippen LogP contribution in [-0.2, 0) is 6.54 Å². The summed E-state index contributed by atoms with van der Waals surface area (Å²) >= 11 is 1.85. The lowest BCUT2D eigenvalue weighted by atomic mass is 10.3. The minimum Gasteiger partial charge on any atom is -0.344 e. The lowest BCUT2D eigenvalue weighted by molar-refractivity contribution is 0.373. The van der Waals surface area contributed by atoms with E-state index in [0.29, 0.717) is 6.04 Å². The van der Waals surface area contributed by atoms with Gasteiger partial charge in [0.15, 0.2) is 5.13 Å². The summed E-state index contributed by atoms with van der Waals surface area (Å²) in [5.74, 6) is 0. The Morgan fingerprint density at radius 3 is 2.65 bits per heavy atom. The first-order valence-electron chi connectivity index (χ1n) is 7.62. The number of hydrogen-bond acceptors (Lipinski definition) is 5. The fourth-order valence-corrected chi connectivity index (χ4v) is 3.66. The van der Waals surface area contributed by atoms with Crippen LogP contribution in [0.3, 0.4) is 0 Å². The summed E-state index contributed by atoms with van der Waals surface area (Å²) in [7, 11) is 4.25. The molecule has 5 heteroatoms. The van der Waals surface area contributed by atoms with Gasteiger partial charge in [-0.15, -0.1) is 11.3 Å². The molecule has 1 aliphatic carbocycles. The van der Waals surface area contributed by atoms with Crippen LogP contribution >= 0.6 is 11.3 Å². The Hall–Kier alpha value is -0.650. The second-order valence-corrected chi connectivity index (χ2v) is 7.12. The highest BCUT2D eigenvalue weighted by atomic mass is 32.1. The average Bonchev–Trinajstić information content (AvgIpc) is 3.11. The summed E-state index contributed by atoms with van der Waals surface area (Å²) in [4.78, 5) is 10.8. The predicted octanol–water partition coefficient (Wildman–Crippen LogP) is 2.48. The van der Waals surface area contributed by atoms with Crippen molar-refractivity contribution < 1.29 is 0 Å². The fourth-order valence-electron chi connectivity index (χ4n) is 2.49. The van der Waals surface area contributed by atoms with E-state index < -0.39 is 0 Å². The molecular formula is C15H28N4S. The number of nitrogens with one attached hydrogen (secondary N) is 1. The molecule has 0 amide bonds. The minimum absolute atomic E-state index is 0.491. The molecule has 0 spiro atoms. The van der Waals surface area contributed by atoms with Gasteiger partial charge in [-0.25, -0.2) is 4.98 Å². The Bertz CT molecular complexity index is 426. The number of aryl methyl sites for hydroxylation is 1. The van der Waals surface area contributed by atoms with Crippen LogP contribution in [-0.4, -0.2) is 49.2 Å². The van der Waals surface area contributed by atoms with Gasteiger partial charge in [-0.2, -0.15) is 0 Å². The zero-order valence-corrected chi connectivity index (χ0v) is 14.3. The monoisotopic (exact) mass is 296 g/mol. The van der Waals surface area contributed by atoms with Crippen LogP contribution in [0.1, 0.15) is 37.3 Å². The van der Waals surface area contributed by atoms with Crippen LogP contribution in [0.15, 0.2) is 0 Å². The summed E-state index contributed by atoms with van der Waals surface area (Å²) in [6, 6.07) is 1.25. The maximum atomic E-state index is 4.79. The Morgan fingerprint density at radius 1 is 1.40 bits per heavy atom. The first-order chi connectivity index (χ1) is 9.51. The molecular weight excluding hydrogens is 268 g/mol. The molecule has 1 unspecified atom stereocenters. The third-order valence-electron chi connectivity index (χ3n) is 3.76. The largest absolute Gasteiger partial charge is 0.344 e. The normalized spacial score (nSPS) is 16.7. The second-order valence-electron chi connectivity index (χ2n) is 6.06. The third kappa shape index (κ3) is 4.17. The molecule has 0 aromatic carbocycles. The van der Waals surface area contributed by atoms with E-state index in [2.05, 4.69) is 50.0 Å². The maximum absolute atomic E-state index is 4.79. The number of thiazole rings is 1. The van der Waals surface area contributed by atoms with E-state index in [1.54, 1.807) is 0 Å². The van der Waals surface area contributed by atoms with Crippen molar-refractivity contribution in [2.24, 2.45) is 0 Å². The van der Waals surface area contributed by atoms with Gasteiger partial charge >= 0.3 is 0 Å². The standard InChI is InChI=1S/C15H28N4S/c1-6-19(11(2)10-18(4)5)15-17-12(3)14(20-15)9-16-13-7-8-13/h11,13,16H,6-10H2,1-5H3. The van der Waals surface area contributed by atoms with Gasteiger partial charge in [-0.1, -0.05) is 0 Å². The molecule has 1 atom stereocenters. The van der Waals surface area contributed by atoms with Crippen LogP contribution in [0.4, 0.5) is 5.13 Å². The van der Waals surface area contributed by atoms with Crippen molar-refractivity contribution >= 4 is 16.5 Å². The maximum Gasteiger partial charge on any atom is 0.186 e. The molecule has 0 radical (unpaired) electrons. The van der Waals surface area contributed by atoms with E-state index in [4.69, 9.17) is 4.98 Å². The molecule has 1 N–H and O–H groups in total. The molecule has 2 rings (SSSR count). The molecule has 4 nitrogen and oxygen atoms in total. The number of hydrogen-bond donors (Lipinski definition) is 1. The van der Waals surface area contributed by atoms with Crippen LogP contribution in [0.25, 0.3) is 0 Å². The molecule has 0 aliphatic heterocycles. The Morgan fingerprint density at radius 2 is 2.10 bits per heavy atom. The molecule has 0 saturated heterocycles. The summed E-state index contributed by atoms with van der Waals surface area (Å²) in [6.45, 7) is 9.68. The quantitative estimate of drug-likeness (QED) is 0.798. The van der Waals surface area contributed by atoms with Gasteiger partial charge < -0.3 is 15.1 Å². The Kier molecular flexibility index (Phi) is 5.41. The van der Waals surface area contributed by atoms with Gasteiger partial charge in [0.05, 0.1) is 5.69 Å². The highest BCUT2D eigenvalue weighted by Gasteiger charge is 2.22. The zero-order chi connectivity index (χ0) is 14.7. The molecule has 1 fully saturated rings. The second kappa shape index (κ2) is 6.87. The van der Waals surface area contributed by atoms with E-state index in [0.717, 1.165) is 25.7 Å². The van der Waals surface area contributed by atoms with Crippen LogP contribution in [0.5, 0.6) is 0 Å². The third-order valence-corrected chi connectivity index (χ3v) is 4.95. The summed E-state index contributed by atoms with van der Waals surface area (Å²) in [5.41, 5.74) is 1.19. The number of aromatic nitrogens is 1. The van der Waals surface area contributed by atoms with Gasteiger partial charge in [0.2, 0.25) is 0 Å². The van der Waals surface area contributed by atoms with Crippen molar-refractivity contribution in [1.82, 2.24) is 15.2 Å². The van der Waals surface area contributed by atoms with Crippen LogP contribution in [0.2, 0.25) is 0 Å². The van der Waals surface area contributed by atoms with Gasteiger partial charge in [0, 0.05) is 36.6 Å². The Balaban J connectivity index is 2.02. The minimum atomic E-state index is 0.491. The predicted molar refractivity (Wildman–Crippen MR) is 87.7 cm³/mol. The van der Waals surface area contributed by atoms with Gasteiger partial charge in [0.1, 0.15) is 0 Å². The van der Waals surface area contributed by atoms with Crippen molar-refractivity contribution in [2.45, 2.75) is 52.2 Å². The molecule has 1 heterocycles. The highest BCUT2D eigenvalue weighted by molar-refractivity contribution is 7.15. The number of anilines is 1. The van der Waals surface area contributed by atoms with E-state index in [1.165, 1.54) is 28.5 Å². The molecule has 1 aliphatic rings. The summed E-state index contributed by atoms with van der Waals surface area (Å²) < 4.78 is 0. The first-order valence-corrected chi connectivity index (χ1v) is 8.44. The Labute approximate surface area is 127 Å². The van der Waals surface area contributed by atoms with Crippen LogP contribution in [0, 0.1) is 6.92 Å². The topological polar surface area (TPSA) is 31.4 Å². The smallest absolute Gasteiger partial charge is 0.186 e. The average molecular weight is 296 g/mol. The molecule has 1 aromatic rings. The summed E-state index contributed by atoms with van der Waals surface area (Å²) in [6.07, 6.45) is 2.68. The van der Waals surface area contributed by atoms with Gasteiger partial charge in [0.25, 0.3) is 0 Å². The fraction of sp³-hybridized carbons (Fsp3) is 0.800. The lowest BCUT2D eigenvalue weighted by Gasteiger charge is -2.29. The van der Waals surface area contributed by atoms with E-state index in [9.17, 15) is 0 Å². The van der Waals surface area contributed by atoms with E-state index >= 15 is 0 Å². The van der Waals surface area contributed by atoms with Crippen molar-refractivity contribution in [2.75, 3.05) is 32.1 Å². The highest BCUT2D eigenvalue weighted by Crippen LogP contribution is 2.28. The first kappa shape index (κ1) is 15.7. The molecule has 20 heavy (non-hydrogen) atoms. The van der Waals surface area contributed by atoms with Crippen molar-refractivity contribution in [1.29, 1.82) is 0 Å². The van der Waals surface area contributed by atoms with Crippen molar-refractivity contribution in [3.05, 3.63) is 10.6 Å². The van der Waals surface area contributed by atoms with E-state index in [1.807, 2.05) is 11.3 Å². The molecule has 1 aromatic heterocycles. The molecule has 114 valence electrons. The van der Waals surface area contributed by atoms with Crippen molar-refractivity contribution in [3.63, 3.8) is 0 Å². The molecule has 0 bridgehead atoms. The zero-order valence-electron chi connectivity index (χ0n) is 13.4. The molecule has 1 saturated carbocycles. The number of nitrogens with zero attached hydrogens (tertiary/aromatic N) is 3. The van der Waals surface area contributed by atoms with Crippen LogP contribution < -0.4 is 10.2 Å². The van der Waals surface area contributed by atoms with Gasteiger partial charge in [-0.05, 0) is 47.7 Å². The van der Waals surface area contributed by atoms with Crippen molar-refractivity contribution in [3.8, 4) is 0 Å². The number of likely N-dealkylation sites (N-methyl/N-ethyl adjacent to an activating group) is 2. The summed E-state index contributed by atoms with van der Waals surface area (Å²) in [5, 5.41) is 4.76. The van der Waals surface area contributed by atoms with E-state index in [-0.39, 0.29) is 0 Å². The SMILES string of the molecule is CCN(c1nc(C)c(CNC2CC2)s1)C(C)CN(C)C. The number of rotatable bonds is 8.